The number of esters is 1. The fourth-order valence-electron chi connectivity index (χ4n) is 2.44. The normalized spacial score (nSPS) is 11.8. The number of rotatable bonds is 9. The highest BCUT2D eigenvalue weighted by atomic mass is 32.2. The standard InChI is InChI=1S/C19H28N4O4S2/c1-19(2,3)27-17(26)11-22(7-6-21(4)5)16(25)13-28-12-14-10-15(24)23-8-9-29-18(23)20-14/h8-10H,6-7,11-13H2,1-5H3. The molecule has 0 saturated heterocycles. The molecule has 0 fully saturated rings. The maximum absolute atomic E-state index is 12.7. The number of aromatic nitrogens is 2. The van der Waals surface area contributed by atoms with Crippen LogP contribution in [0.15, 0.2) is 22.4 Å². The first-order valence-electron chi connectivity index (χ1n) is 9.23. The number of ether oxygens (including phenoxy) is 1. The van der Waals surface area contributed by atoms with Crippen molar-refractivity contribution in [3.8, 4) is 0 Å². The Morgan fingerprint density at radius 1 is 1.28 bits per heavy atom. The van der Waals surface area contributed by atoms with Crippen molar-refractivity contribution in [3.63, 3.8) is 0 Å². The molecule has 29 heavy (non-hydrogen) atoms. The fourth-order valence-corrected chi connectivity index (χ4v) is 3.99. The number of fused-ring (bicyclic) bond motifs is 1. The molecule has 0 N–H and O–H groups in total. The molecule has 0 aliphatic heterocycles. The average molecular weight is 441 g/mol. The third kappa shape index (κ3) is 7.79. The molecule has 10 heteroatoms. The number of thioether (sulfide) groups is 1. The number of nitrogens with zero attached hydrogens (tertiary/aromatic N) is 4. The highest BCUT2D eigenvalue weighted by Crippen LogP contribution is 2.14. The van der Waals surface area contributed by atoms with E-state index in [0.717, 1.165) is 0 Å². The third-order valence-electron chi connectivity index (χ3n) is 3.74. The van der Waals surface area contributed by atoms with E-state index in [2.05, 4.69) is 4.98 Å². The van der Waals surface area contributed by atoms with Gasteiger partial charge in [0.1, 0.15) is 12.1 Å². The molecular formula is C19H28N4O4S2. The summed E-state index contributed by atoms with van der Waals surface area (Å²) in [6.07, 6.45) is 1.69. The van der Waals surface area contributed by atoms with Gasteiger partial charge in [-0.2, -0.15) is 0 Å². The Balaban J connectivity index is 1.94. The number of likely N-dealkylation sites (N-methyl/N-ethyl adjacent to an activating group) is 1. The summed E-state index contributed by atoms with van der Waals surface area (Å²) < 4.78 is 6.84. The zero-order chi connectivity index (χ0) is 21.6. The van der Waals surface area contributed by atoms with Crippen molar-refractivity contribution in [1.82, 2.24) is 19.2 Å². The summed E-state index contributed by atoms with van der Waals surface area (Å²) in [5.41, 5.74) is -0.0830. The summed E-state index contributed by atoms with van der Waals surface area (Å²) in [4.78, 5) is 45.4. The van der Waals surface area contributed by atoms with E-state index < -0.39 is 11.6 Å². The van der Waals surface area contributed by atoms with Crippen LogP contribution in [0.5, 0.6) is 0 Å². The molecule has 0 atom stereocenters. The number of carbonyl (C=O) groups excluding carboxylic acids is 2. The molecule has 2 aromatic rings. The van der Waals surface area contributed by atoms with Crippen LogP contribution < -0.4 is 5.56 Å². The van der Waals surface area contributed by atoms with Gasteiger partial charge in [-0.25, -0.2) is 4.98 Å². The molecule has 2 aromatic heterocycles. The van der Waals surface area contributed by atoms with Crippen LogP contribution in [-0.4, -0.2) is 76.1 Å². The molecule has 0 spiro atoms. The lowest BCUT2D eigenvalue weighted by molar-refractivity contribution is -0.158. The highest BCUT2D eigenvalue weighted by Gasteiger charge is 2.22. The second-order valence-corrected chi connectivity index (χ2v) is 9.70. The van der Waals surface area contributed by atoms with Gasteiger partial charge in [0.15, 0.2) is 4.96 Å². The van der Waals surface area contributed by atoms with Crippen molar-refractivity contribution in [2.75, 3.05) is 39.5 Å². The second kappa shape index (κ2) is 10.2. The molecule has 0 aromatic carbocycles. The van der Waals surface area contributed by atoms with Crippen molar-refractivity contribution in [2.24, 2.45) is 0 Å². The topological polar surface area (TPSA) is 84.2 Å². The van der Waals surface area contributed by atoms with Gasteiger partial charge in [0.25, 0.3) is 5.56 Å². The summed E-state index contributed by atoms with van der Waals surface area (Å²) in [5.74, 6) is 0.0782. The van der Waals surface area contributed by atoms with Gasteiger partial charge in [0.2, 0.25) is 5.91 Å². The molecule has 1 amide bonds. The van der Waals surface area contributed by atoms with Crippen LogP contribution in [0.1, 0.15) is 26.5 Å². The lowest BCUT2D eigenvalue weighted by Crippen LogP contribution is -2.42. The zero-order valence-corrected chi connectivity index (χ0v) is 19.1. The predicted octanol–water partition coefficient (Wildman–Crippen LogP) is 1.72. The Morgan fingerprint density at radius 3 is 2.66 bits per heavy atom. The van der Waals surface area contributed by atoms with E-state index in [-0.39, 0.29) is 23.8 Å². The molecule has 0 bridgehead atoms. The molecule has 2 heterocycles. The Kier molecular flexibility index (Phi) is 8.23. The molecule has 2 rings (SSSR count). The Labute approximate surface area is 178 Å². The molecule has 0 saturated carbocycles. The van der Waals surface area contributed by atoms with Gasteiger partial charge in [-0.05, 0) is 34.9 Å². The van der Waals surface area contributed by atoms with Gasteiger partial charge >= 0.3 is 5.97 Å². The lowest BCUT2D eigenvalue weighted by atomic mass is 10.2. The molecule has 0 unspecified atom stereocenters. The number of hydrogen-bond donors (Lipinski definition) is 0. The van der Waals surface area contributed by atoms with Gasteiger partial charge in [-0.1, -0.05) is 0 Å². The highest BCUT2D eigenvalue weighted by molar-refractivity contribution is 7.99. The van der Waals surface area contributed by atoms with Gasteiger partial charge in [0.05, 0.1) is 11.4 Å². The quantitative estimate of drug-likeness (QED) is 0.549. The van der Waals surface area contributed by atoms with Crippen LogP contribution in [-0.2, 0) is 20.1 Å². The predicted molar refractivity (Wildman–Crippen MR) is 116 cm³/mol. The van der Waals surface area contributed by atoms with Crippen molar-refractivity contribution < 1.29 is 14.3 Å². The van der Waals surface area contributed by atoms with Gasteiger partial charge < -0.3 is 14.5 Å². The maximum Gasteiger partial charge on any atom is 0.326 e. The summed E-state index contributed by atoms with van der Waals surface area (Å²) in [6, 6.07) is 1.49. The summed E-state index contributed by atoms with van der Waals surface area (Å²) >= 11 is 2.77. The van der Waals surface area contributed by atoms with Crippen molar-refractivity contribution in [1.29, 1.82) is 0 Å². The first-order chi connectivity index (χ1) is 13.5. The average Bonchev–Trinajstić information content (AvgIpc) is 3.05. The monoisotopic (exact) mass is 440 g/mol. The maximum atomic E-state index is 12.7. The van der Waals surface area contributed by atoms with E-state index in [1.165, 1.54) is 38.5 Å². The minimum absolute atomic E-state index is 0.0781. The van der Waals surface area contributed by atoms with Crippen molar-refractivity contribution in [2.45, 2.75) is 32.1 Å². The van der Waals surface area contributed by atoms with E-state index in [4.69, 9.17) is 4.74 Å². The van der Waals surface area contributed by atoms with Crippen molar-refractivity contribution >= 4 is 39.9 Å². The number of amides is 1. The number of hydrogen-bond acceptors (Lipinski definition) is 8. The van der Waals surface area contributed by atoms with Crippen LogP contribution in [0, 0.1) is 0 Å². The summed E-state index contributed by atoms with van der Waals surface area (Å²) in [7, 11) is 3.82. The first kappa shape index (κ1) is 23.4. The van der Waals surface area contributed by atoms with E-state index in [0.29, 0.717) is 29.5 Å². The van der Waals surface area contributed by atoms with Crippen LogP contribution in [0.2, 0.25) is 0 Å². The molecule has 0 aliphatic carbocycles. The minimum atomic E-state index is -0.595. The lowest BCUT2D eigenvalue weighted by Gasteiger charge is -2.26. The molecule has 160 valence electrons. The van der Waals surface area contributed by atoms with Crippen LogP contribution in [0.4, 0.5) is 0 Å². The summed E-state index contributed by atoms with van der Waals surface area (Å²) in [5, 5.41) is 1.81. The Bertz CT molecular complexity index is 901. The van der Waals surface area contributed by atoms with E-state index in [1.54, 1.807) is 27.0 Å². The van der Waals surface area contributed by atoms with Crippen molar-refractivity contribution in [3.05, 3.63) is 33.7 Å². The van der Waals surface area contributed by atoms with Gasteiger partial charge in [-0.15, -0.1) is 23.1 Å². The zero-order valence-electron chi connectivity index (χ0n) is 17.5. The van der Waals surface area contributed by atoms with Gasteiger partial charge in [-0.3, -0.25) is 18.8 Å². The van der Waals surface area contributed by atoms with Crippen LogP contribution in [0.25, 0.3) is 4.96 Å². The van der Waals surface area contributed by atoms with E-state index in [9.17, 15) is 14.4 Å². The Morgan fingerprint density at radius 2 is 2.00 bits per heavy atom. The third-order valence-corrected chi connectivity index (χ3v) is 5.45. The molecular weight excluding hydrogens is 412 g/mol. The SMILES string of the molecule is CN(C)CCN(CC(=O)OC(C)(C)C)C(=O)CSCc1cc(=O)n2ccsc2n1. The smallest absolute Gasteiger partial charge is 0.326 e. The van der Waals surface area contributed by atoms with Crippen LogP contribution >= 0.6 is 23.1 Å². The number of carbonyl (C=O) groups is 2. The Hall–Kier alpha value is -1.91. The molecule has 8 nitrogen and oxygen atoms in total. The molecule has 0 aliphatic rings. The fraction of sp³-hybridized carbons (Fsp3) is 0.579. The minimum Gasteiger partial charge on any atom is -0.459 e. The summed E-state index contributed by atoms with van der Waals surface area (Å²) in [6.45, 7) is 6.40. The second-order valence-electron chi connectivity index (χ2n) is 7.84. The largest absolute Gasteiger partial charge is 0.459 e. The van der Waals surface area contributed by atoms with Gasteiger partial charge in [0, 0.05) is 36.5 Å². The van der Waals surface area contributed by atoms with E-state index in [1.807, 2.05) is 24.4 Å². The van der Waals surface area contributed by atoms with E-state index >= 15 is 0 Å². The molecule has 0 radical (unpaired) electrons. The number of thiazole rings is 1. The first-order valence-corrected chi connectivity index (χ1v) is 11.3. The van der Waals surface area contributed by atoms with Crippen LogP contribution in [0.3, 0.4) is 0 Å².